The number of ether oxygens (including phenoxy) is 2. The first-order valence-corrected chi connectivity index (χ1v) is 21.6. The molecule has 0 aliphatic rings. The largest absolute Gasteiger partial charge is 0.463 e. The summed E-state index contributed by atoms with van der Waals surface area (Å²) in [6.07, 6.45) is 6.63. The molecule has 7 rings (SSSR count). The van der Waals surface area contributed by atoms with Crippen molar-refractivity contribution in [2.45, 2.75) is 47.4 Å². The van der Waals surface area contributed by atoms with Crippen LogP contribution < -0.4 is 15.9 Å². The van der Waals surface area contributed by atoms with Crippen molar-refractivity contribution < 1.29 is 24.2 Å². The Morgan fingerprint density at radius 1 is 0.655 bits per heavy atom. The Bertz CT molecular complexity index is 2420. The van der Waals surface area contributed by atoms with Crippen LogP contribution in [0.5, 0.6) is 0 Å². The van der Waals surface area contributed by atoms with Crippen LogP contribution in [0.2, 0.25) is 10.3 Å². The van der Waals surface area contributed by atoms with Crippen LogP contribution in [0.15, 0.2) is 134 Å². The van der Waals surface area contributed by atoms with Crippen molar-refractivity contribution in [1.29, 1.82) is 0 Å². The molecule has 9 nitrogen and oxygen atoms in total. The van der Waals surface area contributed by atoms with Crippen molar-refractivity contribution in [2.24, 2.45) is 0 Å². The fraction of sp³-hybridized carbons (Fsp3) is 0.196. The average molecular weight is 838 g/mol. The van der Waals surface area contributed by atoms with E-state index in [0.29, 0.717) is 23.5 Å². The van der Waals surface area contributed by atoms with Gasteiger partial charge in [-0.1, -0.05) is 114 Å². The van der Waals surface area contributed by atoms with Gasteiger partial charge in [0, 0.05) is 59.5 Å². The Kier molecular flexibility index (Phi) is 16.1. The number of aliphatic hydroxyl groups excluding tert-OH is 1. The zero-order valence-electron chi connectivity index (χ0n) is 33.0. The first-order chi connectivity index (χ1) is 28.2. The zero-order chi connectivity index (χ0) is 41.5. The smallest absolute Gasteiger partial charge is 0.331 e. The van der Waals surface area contributed by atoms with Gasteiger partial charge >= 0.3 is 11.9 Å². The van der Waals surface area contributed by atoms with Gasteiger partial charge in [-0.2, -0.15) is 0 Å². The van der Waals surface area contributed by atoms with Gasteiger partial charge in [0.15, 0.2) is 0 Å². The molecule has 0 aliphatic carbocycles. The minimum atomic E-state index is -2.24. The number of carbonyl (C=O) groups excluding carboxylic acids is 2. The molecule has 300 valence electrons. The Labute approximate surface area is 349 Å². The molecule has 0 unspecified atom stereocenters. The van der Waals surface area contributed by atoms with Crippen molar-refractivity contribution in [2.75, 3.05) is 13.2 Å². The zero-order valence-corrected chi connectivity index (χ0v) is 35.4. The van der Waals surface area contributed by atoms with E-state index < -0.39 is 6.89 Å². The number of aromatic nitrogens is 4. The molecule has 0 bridgehead atoms. The third-order valence-electron chi connectivity index (χ3n) is 9.17. The monoisotopic (exact) mass is 836 g/mol. The van der Waals surface area contributed by atoms with Crippen molar-refractivity contribution in [3.8, 4) is 0 Å². The van der Waals surface area contributed by atoms with Crippen LogP contribution in [0.4, 0.5) is 0 Å². The second kappa shape index (κ2) is 21.4. The van der Waals surface area contributed by atoms with E-state index in [1.54, 1.807) is 31.2 Å². The first-order valence-electron chi connectivity index (χ1n) is 19.0. The third-order valence-corrected chi connectivity index (χ3v) is 13.5. The Morgan fingerprint density at radius 2 is 1.10 bits per heavy atom. The highest BCUT2D eigenvalue weighted by Crippen LogP contribution is 2.43. The maximum Gasteiger partial charge on any atom is 0.331 e. The molecule has 0 amide bonds. The van der Waals surface area contributed by atoms with E-state index >= 15 is 0 Å². The molecule has 12 heteroatoms. The van der Waals surface area contributed by atoms with Crippen molar-refractivity contribution in [1.82, 2.24) is 19.1 Å². The highest BCUT2D eigenvalue weighted by Gasteiger charge is 2.26. The molecule has 7 aromatic rings. The number of aryl methyl sites for hydroxylation is 2. The third kappa shape index (κ3) is 10.5. The summed E-state index contributed by atoms with van der Waals surface area (Å²) in [6.45, 7) is 7.83. The van der Waals surface area contributed by atoms with E-state index in [1.165, 1.54) is 6.08 Å². The van der Waals surface area contributed by atoms with Gasteiger partial charge in [-0.3, -0.25) is 0 Å². The number of carbonyl (C=O) groups is 2. The van der Waals surface area contributed by atoms with Crippen LogP contribution in [0.1, 0.15) is 39.1 Å². The summed E-state index contributed by atoms with van der Waals surface area (Å²) < 4.78 is 14.3. The number of hydrogen-bond acceptors (Lipinski definition) is 7. The lowest BCUT2D eigenvalue weighted by atomic mass is 10.3. The number of nitrogens with zero attached hydrogens (tertiary/aromatic N) is 4. The lowest BCUT2D eigenvalue weighted by Crippen LogP contribution is -2.29. The molecule has 1 N–H and O–H groups in total. The van der Waals surface area contributed by atoms with Gasteiger partial charge in [-0.25, -0.2) is 19.6 Å². The highest BCUT2D eigenvalue weighted by molar-refractivity contribution is 7.95. The first kappa shape index (κ1) is 43.7. The van der Waals surface area contributed by atoms with Gasteiger partial charge < -0.3 is 23.7 Å². The van der Waals surface area contributed by atoms with Gasteiger partial charge in [0.1, 0.15) is 10.3 Å². The SMILES string of the molecule is CCOC(=O)/C=C/c1cc2cnc(Cl)cc2n1CC.CCOC(=O)C=P(c1ccccc1)(c1ccccc1)c1ccccc1.CCn1c(CO)cc2cnc(Cl)cc21. The molecule has 0 atom stereocenters. The molecule has 4 aromatic heterocycles. The summed E-state index contributed by atoms with van der Waals surface area (Å²) in [7, 11) is 0. The van der Waals surface area contributed by atoms with Crippen LogP contribution in [0.3, 0.4) is 0 Å². The van der Waals surface area contributed by atoms with Crippen LogP contribution >= 0.6 is 30.1 Å². The minimum Gasteiger partial charge on any atom is -0.463 e. The predicted octanol–water partition coefficient (Wildman–Crippen LogP) is 8.83. The number of halogens is 2. The predicted molar refractivity (Wildman–Crippen MR) is 240 cm³/mol. The average Bonchev–Trinajstić information content (AvgIpc) is 3.79. The van der Waals surface area contributed by atoms with E-state index in [2.05, 4.69) is 50.9 Å². The van der Waals surface area contributed by atoms with Gasteiger partial charge in [0.2, 0.25) is 0 Å². The molecule has 0 radical (unpaired) electrons. The van der Waals surface area contributed by atoms with Crippen LogP contribution in [0, 0.1) is 0 Å². The van der Waals surface area contributed by atoms with Crippen LogP contribution in [-0.4, -0.2) is 55.2 Å². The summed E-state index contributed by atoms with van der Waals surface area (Å²) in [4.78, 5) is 31.9. The number of hydrogen-bond donors (Lipinski definition) is 1. The van der Waals surface area contributed by atoms with Crippen molar-refractivity contribution in [3.63, 3.8) is 0 Å². The molecule has 3 aromatic carbocycles. The van der Waals surface area contributed by atoms with Crippen LogP contribution in [-0.2, 0) is 38.8 Å². The molecule has 0 saturated carbocycles. The summed E-state index contributed by atoms with van der Waals surface area (Å²) in [5, 5.41) is 15.5. The standard InChI is InChI=1S/C22H21O2P.C14H15ClN2O2.C10H11ClN2O/c1-2-24-22(23)18-25(19-12-6-3-7-13-19,20-14-8-4-9-15-20)21-16-10-5-11-17-21;1-3-17-11(5-6-14(18)19-4-2)7-10-9-16-13(15)8-12(10)17;1-2-13-8(6-14)3-7-5-12-10(11)4-9(7)13/h3-18H,2H2,1H3;5-9H,3-4H2,1-2H3;3-5,14H,2,6H2,1H3/b;6-5+;. The van der Waals surface area contributed by atoms with E-state index in [1.807, 2.05) is 104 Å². The summed E-state index contributed by atoms with van der Waals surface area (Å²) in [5.74, 6) is 1.19. The lowest BCUT2D eigenvalue weighted by molar-refractivity contribution is -0.137. The molecule has 0 spiro atoms. The second-order valence-electron chi connectivity index (χ2n) is 12.7. The number of benzene rings is 3. The minimum absolute atomic E-state index is 0.0418. The summed E-state index contributed by atoms with van der Waals surface area (Å²) in [5.41, 5.74) is 3.85. The fourth-order valence-electron chi connectivity index (χ4n) is 6.68. The van der Waals surface area contributed by atoms with Gasteiger partial charge in [-0.05, 0) is 80.8 Å². The molecular weight excluding hydrogens is 790 g/mol. The van der Waals surface area contributed by atoms with Gasteiger partial charge in [-0.15, -0.1) is 0 Å². The summed E-state index contributed by atoms with van der Waals surface area (Å²) in [6, 6.07) is 38.3. The topological polar surface area (TPSA) is 108 Å². The maximum absolute atomic E-state index is 12.5. The normalized spacial score (nSPS) is 11.1. The lowest BCUT2D eigenvalue weighted by Gasteiger charge is -2.28. The highest BCUT2D eigenvalue weighted by atomic mass is 35.5. The Balaban J connectivity index is 0.000000173. The maximum atomic E-state index is 12.5. The Hall–Kier alpha value is -5.44. The van der Waals surface area contributed by atoms with E-state index in [4.69, 9.17) is 37.8 Å². The number of rotatable bonds is 11. The molecule has 0 aliphatic heterocycles. The quantitative estimate of drug-likeness (QED) is 0.0601. The number of fused-ring (bicyclic) bond motifs is 2. The van der Waals surface area contributed by atoms with Crippen molar-refractivity contribution >= 4 is 91.6 Å². The van der Waals surface area contributed by atoms with E-state index in [0.717, 1.165) is 62.2 Å². The van der Waals surface area contributed by atoms with Gasteiger partial charge in [0.25, 0.3) is 0 Å². The summed E-state index contributed by atoms with van der Waals surface area (Å²) >= 11 is 11.7. The molecule has 0 fully saturated rings. The van der Waals surface area contributed by atoms with Crippen molar-refractivity contribution in [3.05, 3.63) is 155 Å². The van der Waals surface area contributed by atoms with Gasteiger partial charge in [0.05, 0.1) is 30.9 Å². The molecule has 58 heavy (non-hydrogen) atoms. The Morgan fingerprint density at radius 3 is 1.55 bits per heavy atom. The van der Waals surface area contributed by atoms with E-state index in [9.17, 15) is 9.59 Å². The second-order valence-corrected chi connectivity index (χ2v) is 16.7. The van der Waals surface area contributed by atoms with Crippen LogP contribution in [0.25, 0.3) is 27.9 Å². The molecule has 4 heterocycles. The van der Waals surface area contributed by atoms with E-state index in [-0.39, 0.29) is 18.5 Å². The fourth-order valence-corrected chi connectivity index (χ4v) is 10.6. The number of pyridine rings is 2. The number of esters is 2. The molecular formula is C46H47Cl2N4O5P. The number of aliphatic hydroxyl groups is 1. The molecule has 0 saturated heterocycles.